The first-order chi connectivity index (χ1) is 14.7. The number of rotatable bonds is 8. The van der Waals surface area contributed by atoms with Crippen LogP contribution in [0.3, 0.4) is 0 Å². The molecule has 7 heteroatoms. The van der Waals surface area contributed by atoms with Crippen molar-refractivity contribution in [2.24, 2.45) is 4.99 Å². The van der Waals surface area contributed by atoms with Crippen LogP contribution in [0.4, 0.5) is 5.69 Å². The van der Waals surface area contributed by atoms with Crippen LogP contribution in [0.25, 0.3) is 0 Å². The molecule has 1 aromatic carbocycles. The molecule has 1 aromatic rings. The van der Waals surface area contributed by atoms with Crippen LogP contribution in [0.5, 0.6) is 0 Å². The van der Waals surface area contributed by atoms with Gasteiger partial charge in [-0.25, -0.2) is 0 Å². The van der Waals surface area contributed by atoms with E-state index in [-0.39, 0.29) is 24.0 Å². The van der Waals surface area contributed by atoms with Gasteiger partial charge in [0, 0.05) is 53.1 Å². The summed E-state index contributed by atoms with van der Waals surface area (Å²) in [4.78, 5) is 8.99. The number of aryl methyl sites for hydroxylation is 1. The van der Waals surface area contributed by atoms with Crippen LogP contribution >= 0.6 is 24.0 Å². The van der Waals surface area contributed by atoms with Gasteiger partial charge in [0.2, 0.25) is 0 Å². The summed E-state index contributed by atoms with van der Waals surface area (Å²) < 4.78 is 11.9. The first-order valence-electron chi connectivity index (χ1n) is 11.6. The van der Waals surface area contributed by atoms with E-state index < -0.39 is 0 Å². The van der Waals surface area contributed by atoms with Gasteiger partial charge in [-0.2, -0.15) is 0 Å². The predicted molar refractivity (Wildman–Crippen MR) is 140 cm³/mol. The second-order valence-electron chi connectivity index (χ2n) is 8.65. The molecule has 3 rings (SSSR count). The minimum absolute atomic E-state index is 0. The molecule has 0 aliphatic carbocycles. The van der Waals surface area contributed by atoms with Gasteiger partial charge in [0.05, 0.1) is 18.8 Å². The number of nitrogens with zero attached hydrogens (tertiary/aromatic N) is 3. The molecular formula is C24H41IN4O2. The molecule has 31 heavy (non-hydrogen) atoms. The fourth-order valence-electron chi connectivity index (χ4n) is 4.20. The second kappa shape index (κ2) is 14.2. The molecule has 0 saturated carbocycles. The Balaban J connectivity index is 0.00000341. The summed E-state index contributed by atoms with van der Waals surface area (Å²) in [6.45, 7) is 4.60. The summed E-state index contributed by atoms with van der Waals surface area (Å²) >= 11 is 0. The van der Waals surface area contributed by atoms with Gasteiger partial charge in [0.25, 0.3) is 0 Å². The Morgan fingerprint density at radius 3 is 2.52 bits per heavy atom. The topological polar surface area (TPSA) is 49.3 Å². The highest BCUT2D eigenvalue weighted by molar-refractivity contribution is 14.0. The van der Waals surface area contributed by atoms with Crippen LogP contribution in [0.2, 0.25) is 0 Å². The van der Waals surface area contributed by atoms with E-state index in [1.54, 1.807) is 0 Å². The van der Waals surface area contributed by atoms with Crippen molar-refractivity contribution in [1.29, 1.82) is 0 Å². The highest BCUT2D eigenvalue weighted by Gasteiger charge is 2.23. The average molecular weight is 545 g/mol. The maximum atomic E-state index is 6.14. The Morgan fingerprint density at radius 2 is 1.90 bits per heavy atom. The molecule has 2 aliphatic rings. The van der Waals surface area contributed by atoms with E-state index in [9.17, 15) is 0 Å². The Hall–Kier alpha value is -1.06. The lowest BCUT2D eigenvalue weighted by atomic mass is 10.1. The average Bonchev–Trinajstić information content (AvgIpc) is 2.79. The molecule has 0 aromatic heterocycles. The quantitative estimate of drug-likeness (QED) is 0.233. The first kappa shape index (κ1) is 26.2. The number of benzene rings is 1. The number of ether oxygens (including phenoxy) is 2. The van der Waals surface area contributed by atoms with Gasteiger partial charge in [-0.3, -0.25) is 4.99 Å². The molecule has 2 saturated heterocycles. The van der Waals surface area contributed by atoms with E-state index in [4.69, 9.17) is 9.47 Å². The van der Waals surface area contributed by atoms with Crippen LogP contribution < -0.4 is 10.2 Å². The number of aliphatic imine (C=N–C) groups is 1. The van der Waals surface area contributed by atoms with E-state index in [1.165, 1.54) is 24.1 Å². The Kier molecular flexibility index (Phi) is 12.0. The minimum atomic E-state index is 0. The minimum Gasteiger partial charge on any atom is -0.378 e. The summed E-state index contributed by atoms with van der Waals surface area (Å²) in [6.07, 6.45) is 8.59. The van der Waals surface area contributed by atoms with Crippen molar-refractivity contribution in [2.75, 3.05) is 58.9 Å². The van der Waals surface area contributed by atoms with Crippen LogP contribution in [-0.2, 0) is 15.9 Å². The van der Waals surface area contributed by atoms with Crippen LogP contribution in [-0.4, -0.2) is 77.1 Å². The fraction of sp³-hybridized carbons (Fsp3) is 0.708. The van der Waals surface area contributed by atoms with Gasteiger partial charge >= 0.3 is 0 Å². The number of anilines is 1. The lowest BCUT2D eigenvalue weighted by Crippen LogP contribution is -2.47. The molecule has 1 unspecified atom stereocenters. The lowest BCUT2D eigenvalue weighted by molar-refractivity contribution is -0.0721. The van der Waals surface area contributed by atoms with Gasteiger partial charge in [-0.05, 0) is 62.6 Å². The summed E-state index contributed by atoms with van der Waals surface area (Å²) in [5.74, 6) is 1.02. The maximum Gasteiger partial charge on any atom is 0.193 e. The number of piperidine rings is 1. The molecule has 1 atom stereocenters. The summed E-state index contributed by atoms with van der Waals surface area (Å²) in [5.41, 5.74) is 2.63. The third kappa shape index (κ3) is 8.77. The van der Waals surface area contributed by atoms with Gasteiger partial charge in [0.1, 0.15) is 0 Å². The molecule has 2 heterocycles. The maximum absolute atomic E-state index is 6.14. The third-order valence-corrected chi connectivity index (χ3v) is 6.12. The summed E-state index contributed by atoms with van der Waals surface area (Å²) in [7, 11) is 6.03. The SMILES string of the molecule is CN=C(NCCCc1ccc(N(C)C)cc1)N1CCC(OCC2CCCCO2)CC1.I. The highest BCUT2D eigenvalue weighted by atomic mass is 127. The van der Waals surface area contributed by atoms with E-state index >= 15 is 0 Å². The van der Waals surface area contributed by atoms with Gasteiger partial charge in [-0.15, -0.1) is 24.0 Å². The zero-order valence-electron chi connectivity index (χ0n) is 19.5. The van der Waals surface area contributed by atoms with Crippen LogP contribution in [0.15, 0.2) is 29.3 Å². The molecule has 1 N–H and O–H groups in total. The van der Waals surface area contributed by atoms with Crippen molar-refractivity contribution in [3.05, 3.63) is 29.8 Å². The Labute approximate surface area is 205 Å². The summed E-state index contributed by atoms with van der Waals surface area (Å²) in [5, 5.41) is 3.54. The van der Waals surface area contributed by atoms with Crippen molar-refractivity contribution in [3.8, 4) is 0 Å². The Morgan fingerprint density at radius 1 is 1.16 bits per heavy atom. The van der Waals surface area contributed by atoms with Crippen molar-refractivity contribution >= 4 is 35.6 Å². The first-order valence-corrected chi connectivity index (χ1v) is 11.6. The second-order valence-corrected chi connectivity index (χ2v) is 8.65. The van der Waals surface area contributed by atoms with E-state index in [1.807, 2.05) is 7.05 Å². The van der Waals surface area contributed by atoms with E-state index in [0.717, 1.165) is 70.9 Å². The Bertz CT molecular complexity index is 639. The van der Waals surface area contributed by atoms with Crippen LogP contribution in [0, 0.1) is 0 Å². The van der Waals surface area contributed by atoms with Gasteiger partial charge < -0.3 is 24.6 Å². The molecular weight excluding hydrogens is 503 g/mol. The van der Waals surface area contributed by atoms with Crippen molar-refractivity contribution in [2.45, 2.75) is 57.2 Å². The van der Waals surface area contributed by atoms with Crippen molar-refractivity contribution in [1.82, 2.24) is 10.2 Å². The predicted octanol–water partition coefficient (Wildman–Crippen LogP) is 3.93. The number of halogens is 1. The molecule has 0 spiro atoms. The monoisotopic (exact) mass is 544 g/mol. The molecule has 0 radical (unpaired) electrons. The van der Waals surface area contributed by atoms with E-state index in [2.05, 4.69) is 58.5 Å². The molecule has 2 fully saturated rings. The van der Waals surface area contributed by atoms with Crippen molar-refractivity contribution in [3.63, 3.8) is 0 Å². The number of guanidine groups is 1. The molecule has 2 aliphatic heterocycles. The normalized spacial score (nSPS) is 20.3. The number of hydrogen-bond acceptors (Lipinski definition) is 4. The lowest BCUT2D eigenvalue weighted by Gasteiger charge is -2.35. The molecule has 6 nitrogen and oxygen atoms in total. The largest absolute Gasteiger partial charge is 0.378 e. The van der Waals surface area contributed by atoms with Crippen molar-refractivity contribution < 1.29 is 9.47 Å². The standard InChI is InChI=1S/C24H40N4O2.HI/c1-25-24(26-15-6-7-20-9-11-21(12-10-20)27(2)3)28-16-13-22(14-17-28)30-19-23-8-4-5-18-29-23;/h9-12,22-23H,4-8,13-19H2,1-3H3,(H,25,26);1H. The van der Waals surface area contributed by atoms with E-state index in [0.29, 0.717) is 12.2 Å². The molecule has 176 valence electrons. The zero-order chi connectivity index (χ0) is 21.2. The van der Waals surface area contributed by atoms with Gasteiger partial charge in [0.15, 0.2) is 5.96 Å². The molecule has 0 amide bonds. The fourth-order valence-corrected chi connectivity index (χ4v) is 4.20. The third-order valence-electron chi connectivity index (χ3n) is 6.12. The molecule has 0 bridgehead atoms. The smallest absolute Gasteiger partial charge is 0.193 e. The highest BCUT2D eigenvalue weighted by Crippen LogP contribution is 2.18. The number of hydrogen-bond donors (Lipinski definition) is 1. The van der Waals surface area contributed by atoms with Crippen LogP contribution in [0.1, 0.15) is 44.1 Å². The number of nitrogens with one attached hydrogen (secondary N) is 1. The zero-order valence-corrected chi connectivity index (χ0v) is 21.8. The van der Waals surface area contributed by atoms with Gasteiger partial charge in [-0.1, -0.05) is 12.1 Å². The number of likely N-dealkylation sites (tertiary alicyclic amines) is 1. The summed E-state index contributed by atoms with van der Waals surface area (Å²) in [6, 6.07) is 8.84.